The lowest BCUT2D eigenvalue weighted by Gasteiger charge is -2.26. The molecule has 1 saturated heterocycles. The maximum absolute atomic E-state index is 15.3. The van der Waals surface area contributed by atoms with E-state index in [1.807, 2.05) is 0 Å². The van der Waals surface area contributed by atoms with Crippen molar-refractivity contribution in [1.82, 2.24) is 19.5 Å². The normalized spacial score (nSPS) is 30.1. The predicted octanol–water partition coefficient (Wildman–Crippen LogP) is 0.440. The van der Waals surface area contributed by atoms with E-state index in [4.69, 9.17) is 19.9 Å². The second-order valence-corrected chi connectivity index (χ2v) is 5.66. The molecule has 0 aromatic carbocycles. The zero-order valence-corrected chi connectivity index (χ0v) is 13.6. The molecule has 4 atom stereocenters. The third kappa shape index (κ3) is 2.46. The predicted molar refractivity (Wildman–Crippen MR) is 82.2 cm³/mol. The van der Waals surface area contributed by atoms with Gasteiger partial charge in [-0.05, 0) is 13.8 Å². The van der Waals surface area contributed by atoms with Crippen molar-refractivity contribution in [2.24, 2.45) is 0 Å². The number of hydrogen-bond acceptors (Lipinski definition) is 8. The number of alkyl halides is 1. The molecule has 0 radical (unpaired) electrons. The summed E-state index contributed by atoms with van der Waals surface area (Å²) in [6.45, 7) is 3.15. The zero-order chi connectivity index (χ0) is 17.5. The smallest absolute Gasteiger partial charge is 0.247 e. The number of aliphatic hydroxyl groups is 1. The molecule has 3 rings (SSSR count). The van der Waals surface area contributed by atoms with Gasteiger partial charge in [0.25, 0.3) is 0 Å². The standard InChI is InChI=1S/C14H20FN5O4/c1-4-23-11-8-10(18-13(16)19-11)20(6-17-8)12-14(2,15)9(22-3)7(5-21)24-12/h6-7,9,12,21H,4-5H2,1-3H3,(H2,16,18,19)/t7-,9+,12-,14?/m1/s1. The molecule has 1 fully saturated rings. The molecule has 24 heavy (non-hydrogen) atoms. The number of anilines is 1. The van der Waals surface area contributed by atoms with E-state index in [0.29, 0.717) is 12.1 Å². The van der Waals surface area contributed by atoms with Gasteiger partial charge in [-0.25, -0.2) is 9.37 Å². The lowest BCUT2D eigenvalue weighted by atomic mass is 9.98. The van der Waals surface area contributed by atoms with Gasteiger partial charge >= 0.3 is 0 Å². The minimum Gasteiger partial charge on any atom is -0.476 e. The van der Waals surface area contributed by atoms with E-state index in [1.165, 1.54) is 24.9 Å². The number of nitrogens with two attached hydrogens (primary N) is 1. The van der Waals surface area contributed by atoms with Gasteiger partial charge in [-0.15, -0.1) is 0 Å². The lowest BCUT2D eigenvalue weighted by molar-refractivity contribution is -0.0569. The van der Waals surface area contributed by atoms with Crippen LogP contribution in [0.15, 0.2) is 6.33 Å². The number of rotatable bonds is 5. The largest absolute Gasteiger partial charge is 0.476 e. The third-order valence-corrected chi connectivity index (χ3v) is 4.05. The molecule has 132 valence electrons. The Morgan fingerprint density at radius 3 is 2.83 bits per heavy atom. The van der Waals surface area contributed by atoms with E-state index in [-0.39, 0.29) is 24.1 Å². The van der Waals surface area contributed by atoms with Gasteiger partial charge in [0.1, 0.15) is 12.2 Å². The minimum atomic E-state index is -1.92. The van der Waals surface area contributed by atoms with Crippen molar-refractivity contribution in [3.63, 3.8) is 0 Å². The van der Waals surface area contributed by atoms with Gasteiger partial charge in [0.2, 0.25) is 11.8 Å². The summed E-state index contributed by atoms with van der Waals surface area (Å²) in [5.74, 6) is 0.201. The van der Waals surface area contributed by atoms with Crippen LogP contribution < -0.4 is 10.5 Å². The molecule has 0 spiro atoms. The average molecular weight is 341 g/mol. The molecule has 0 bridgehead atoms. The van der Waals surface area contributed by atoms with Crippen molar-refractivity contribution in [3.05, 3.63) is 6.33 Å². The van der Waals surface area contributed by atoms with Crippen molar-refractivity contribution in [2.45, 2.75) is 38.0 Å². The SMILES string of the molecule is CCOc1nc(N)nc2c1ncn2[C@@H]1O[C@H](CO)[C@H](OC)C1(C)F. The maximum Gasteiger partial charge on any atom is 0.247 e. The van der Waals surface area contributed by atoms with E-state index < -0.39 is 24.1 Å². The molecule has 3 heterocycles. The summed E-state index contributed by atoms with van der Waals surface area (Å²) >= 11 is 0. The number of methoxy groups -OCH3 is 1. The summed E-state index contributed by atoms with van der Waals surface area (Å²) in [4.78, 5) is 12.3. The molecule has 0 amide bonds. The minimum absolute atomic E-state index is 0.0201. The summed E-state index contributed by atoms with van der Waals surface area (Å²) in [5.41, 5.74) is 4.44. The number of aliphatic hydroxyl groups excluding tert-OH is 1. The van der Waals surface area contributed by atoms with Crippen LogP contribution in [-0.4, -0.2) is 62.8 Å². The highest BCUT2D eigenvalue weighted by molar-refractivity contribution is 5.77. The van der Waals surface area contributed by atoms with E-state index in [9.17, 15) is 5.11 Å². The fourth-order valence-electron chi connectivity index (χ4n) is 3.05. The quantitative estimate of drug-likeness (QED) is 0.804. The van der Waals surface area contributed by atoms with Gasteiger partial charge in [0.15, 0.2) is 23.1 Å². The molecule has 3 N–H and O–H groups in total. The number of nitrogen functional groups attached to an aromatic ring is 1. The number of ether oxygens (including phenoxy) is 3. The number of halogens is 1. The Bertz CT molecular complexity index is 737. The second-order valence-electron chi connectivity index (χ2n) is 5.66. The van der Waals surface area contributed by atoms with Gasteiger partial charge in [0, 0.05) is 7.11 Å². The van der Waals surface area contributed by atoms with Crippen molar-refractivity contribution in [3.8, 4) is 5.88 Å². The Balaban J connectivity index is 2.10. The Morgan fingerprint density at radius 1 is 1.50 bits per heavy atom. The van der Waals surface area contributed by atoms with Crippen LogP contribution in [0.3, 0.4) is 0 Å². The van der Waals surface area contributed by atoms with E-state index in [1.54, 1.807) is 6.92 Å². The second kappa shape index (κ2) is 6.11. The lowest BCUT2D eigenvalue weighted by Crippen LogP contribution is -2.42. The van der Waals surface area contributed by atoms with Gasteiger partial charge in [-0.1, -0.05) is 0 Å². The van der Waals surface area contributed by atoms with Gasteiger partial charge < -0.3 is 25.1 Å². The first kappa shape index (κ1) is 16.8. The summed E-state index contributed by atoms with van der Waals surface area (Å²) in [6, 6.07) is 0. The number of fused-ring (bicyclic) bond motifs is 1. The Kier molecular flexibility index (Phi) is 4.28. The maximum atomic E-state index is 15.3. The topological polar surface area (TPSA) is 118 Å². The first-order chi connectivity index (χ1) is 11.4. The molecule has 0 saturated carbocycles. The monoisotopic (exact) mass is 341 g/mol. The summed E-state index contributed by atoms with van der Waals surface area (Å²) < 4.78 is 33.0. The number of aromatic nitrogens is 4. The Labute approximate surface area is 137 Å². The first-order valence-corrected chi connectivity index (χ1v) is 7.54. The van der Waals surface area contributed by atoms with Crippen LogP contribution in [0.5, 0.6) is 5.88 Å². The van der Waals surface area contributed by atoms with Crippen LogP contribution in [0, 0.1) is 0 Å². The summed E-state index contributed by atoms with van der Waals surface area (Å²) in [6.07, 6.45) is -1.45. The van der Waals surface area contributed by atoms with Crippen LogP contribution in [0.4, 0.5) is 10.3 Å². The highest BCUT2D eigenvalue weighted by Gasteiger charge is 2.56. The van der Waals surface area contributed by atoms with E-state index in [2.05, 4.69) is 15.0 Å². The molecule has 10 heteroatoms. The number of hydrogen-bond donors (Lipinski definition) is 2. The van der Waals surface area contributed by atoms with Gasteiger partial charge in [-0.3, -0.25) is 4.57 Å². The highest BCUT2D eigenvalue weighted by atomic mass is 19.1. The van der Waals surface area contributed by atoms with Crippen molar-refractivity contribution in [2.75, 3.05) is 26.1 Å². The molecule has 9 nitrogen and oxygen atoms in total. The van der Waals surface area contributed by atoms with Crippen molar-refractivity contribution < 1.29 is 23.7 Å². The van der Waals surface area contributed by atoms with E-state index in [0.717, 1.165) is 0 Å². The fourth-order valence-corrected chi connectivity index (χ4v) is 3.05. The molecule has 1 aliphatic rings. The average Bonchev–Trinajstić information content (AvgIpc) is 3.04. The van der Waals surface area contributed by atoms with Crippen LogP contribution >= 0.6 is 0 Å². The molecule has 2 aromatic heterocycles. The number of nitrogens with zero attached hydrogens (tertiary/aromatic N) is 4. The van der Waals surface area contributed by atoms with E-state index >= 15 is 4.39 Å². The van der Waals surface area contributed by atoms with Crippen LogP contribution in [0.1, 0.15) is 20.1 Å². The molecule has 0 aliphatic carbocycles. The highest BCUT2D eigenvalue weighted by Crippen LogP contribution is 2.43. The van der Waals surface area contributed by atoms with Crippen LogP contribution in [0.2, 0.25) is 0 Å². The van der Waals surface area contributed by atoms with Gasteiger partial charge in [0.05, 0.1) is 19.5 Å². The van der Waals surface area contributed by atoms with Gasteiger partial charge in [-0.2, -0.15) is 9.97 Å². The molecule has 1 unspecified atom stereocenters. The number of imidazole rings is 1. The first-order valence-electron chi connectivity index (χ1n) is 7.54. The fraction of sp³-hybridized carbons (Fsp3) is 0.643. The molecule has 2 aromatic rings. The molecular formula is C14H20FN5O4. The Morgan fingerprint density at radius 2 is 2.25 bits per heavy atom. The summed E-state index contributed by atoms with van der Waals surface area (Å²) in [5, 5.41) is 9.42. The van der Waals surface area contributed by atoms with Crippen molar-refractivity contribution in [1.29, 1.82) is 0 Å². The zero-order valence-electron chi connectivity index (χ0n) is 13.6. The van der Waals surface area contributed by atoms with Crippen LogP contribution in [0.25, 0.3) is 11.2 Å². The van der Waals surface area contributed by atoms with Crippen LogP contribution in [-0.2, 0) is 9.47 Å². The van der Waals surface area contributed by atoms with Crippen molar-refractivity contribution >= 4 is 17.1 Å². The molecule has 1 aliphatic heterocycles. The Hall–Kier alpha value is -2.04. The summed E-state index contributed by atoms with van der Waals surface area (Å²) in [7, 11) is 1.37. The third-order valence-electron chi connectivity index (χ3n) is 4.05. The molecular weight excluding hydrogens is 321 g/mol.